The Hall–Kier alpha value is -2.54. The number of rotatable bonds is 3. The number of Topliss-reactive ketones (excluding diaryl/α,β-unsaturated/α-hetero) is 1. The predicted octanol–water partition coefficient (Wildman–Crippen LogP) is 2.05. The van der Waals surface area contributed by atoms with Gasteiger partial charge < -0.3 is 5.11 Å². The molecule has 20 heavy (non-hydrogen) atoms. The van der Waals surface area contributed by atoms with Gasteiger partial charge in [-0.2, -0.15) is 5.10 Å². The lowest BCUT2D eigenvalue weighted by molar-refractivity contribution is 0.0691. The maximum Gasteiger partial charge on any atom is 0.355 e. The standard InChI is InChI=1S/C13H9N3O3S/c17-11-8-4-2-1-3-7(8)5-9(11)15-16-13-14-10(6-20-13)12(18)19/h1-4,6H,5H2,(H,14,16)(H,18,19)/b15-9-. The molecule has 6 nitrogen and oxygen atoms in total. The van der Waals surface area contributed by atoms with Gasteiger partial charge in [-0.15, -0.1) is 11.3 Å². The van der Waals surface area contributed by atoms with E-state index >= 15 is 0 Å². The highest BCUT2D eigenvalue weighted by Gasteiger charge is 2.25. The third-order valence-electron chi connectivity index (χ3n) is 2.89. The van der Waals surface area contributed by atoms with Gasteiger partial charge in [0.2, 0.25) is 10.9 Å². The molecule has 3 rings (SSSR count). The summed E-state index contributed by atoms with van der Waals surface area (Å²) in [4.78, 5) is 26.6. The second-order valence-electron chi connectivity index (χ2n) is 4.18. The molecule has 0 unspecified atom stereocenters. The zero-order chi connectivity index (χ0) is 14.1. The van der Waals surface area contributed by atoms with Crippen LogP contribution >= 0.6 is 11.3 Å². The number of hydrogen-bond donors (Lipinski definition) is 2. The maximum absolute atomic E-state index is 12.0. The molecule has 1 aromatic heterocycles. The summed E-state index contributed by atoms with van der Waals surface area (Å²) in [5.41, 5.74) is 4.61. The highest BCUT2D eigenvalue weighted by atomic mass is 32.1. The van der Waals surface area contributed by atoms with E-state index in [-0.39, 0.29) is 11.5 Å². The number of ketones is 1. The zero-order valence-electron chi connectivity index (χ0n) is 10.2. The molecular weight excluding hydrogens is 278 g/mol. The first-order valence-corrected chi connectivity index (χ1v) is 6.67. The number of fused-ring (bicyclic) bond motifs is 1. The lowest BCUT2D eigenvalue weighted by atomic mass is 10.1. The van der Waals surface area contributed by atoms with Crippen LogP contribution in [0.5, 0.6) is 0 Å². The number of thiazole rings is 1. The molecule has 0 amide bonds. The lowest BCUT2D eigenvalue weighted by Crippen LogP contribution is -2.10. The number of hydrazone groups is 1. The Morgan fingerprint density at radius 1 is 1.40 bits per heavy atom. The first kappa shape index (κ1) is 12.5. The molecule has 0 aliphatic heterocycles. The average Bonchev–Trinajstić information content (AvgIpc) is 3.03. The van der Waals surface area contributed by atoms with Gasteiger partial charge in [0, 0.05) is 17.4 Å². The second-order valence-corrected chi connectivity index (χ2v) is 5.03. The van der Waals surface area contributed by atoms with Crippen molar-refractivity contribution in [2.75, 3.05) is 5.43 Å². The van der Waals surface area contributed by atoms with Crippen molar-refractivity contribution in [2.45, 2.75) is 6.42 Å². The van der Waals surface area contributed by atoms with Crippen molar-refractivity contribution in [2.24, 2.45) is 5.10 Å². The van der Waals surface area contributed by atoms with Crippen molar-refractivity contribution in [1.82, 2.24) is 4.98 Å². The number of benzene rings is 1. The number of nitrogens with one attached hydrogen (secondary N) is 1. The zero-order valence-corrected chi connectivity index (χ0v) is 11.0. The fourth-order valence-electron chi connectivity index (χ4n) is 1.94. The molecule has 1 aliphatic carbocycles. The molecular formula is C13H9N3O3S. The summed E-state index contributed by atoms with van der Waals surface area (Å²) in [5.74, 6) is -1.20. The number of carbonyl (C=O) groups excluding carboxylic acids is 1. The largest absolute Gasteiger partial charge is 0.476 e. The van der Waals surface area contributed by atoms with Gasteiger partial charge in [0.1, 0.15) is 5.71 Å². The summed E-state index contributed by atoms with van der Waals surface area (Å²) in [6.45, 7) is 0. The molecule has 100 valence electrons. The fourth-order valence-corrected chi connectivity index (χ4v) is 2.57. The maximum atomic E-state index is 12.0. The van der Waals surface area contributed by atoms with Crippen LogP contribution in [0.15, 0.2) is 34.7 Å². The van der Waals surface area contributed by atoms with Crippen molar-refractivity contribution < 1.29 is 14.7 Å². The molecule has 0 radical (unpaired) electrons. The SMILES string of the molecule is O=C(O)c1csc(N/N=C2/Cc3ccccc3C2=O)n1. The first-order valence-electron chi connectivity index (χ1n) is 5.79. The van der Waals surface area contributed by atoms with Crippen molar-refractivity contribution in [3.63, 3.8) is 0 Å². The quantitative estimate of drug-likeness (QED) is 0.843. The minimum Gasteiger partial charge on any atom is -0.476 e. The van der Waals surface area contributed by atoms with E-state index in [4.69, 9.17) is 5.11 Å². The molecule has 0 saturated heterocycles. The van der Waals surface area contributed by atoms with Gasteiger partial charge in [-0.25, -0.2) is 9.78 Å². The van der Waals surface area contributed by atoms with Crippen LogP contribution in [0.3, 0.4) is 0 Å². The van der Waals surface area contributed by atoms with Gasteiger partial charge in [0.15, 0.2) is 5.69 Å². The number of aromatic nitrogens is 1. The number of hydrogen-bond acceptors (Lipinski definition) is 6. The summed E-state index contributed by atoms with van der Waals surface area (Å²) in [5, 5.41) is 14.6. The minimum absolute atomic E-state index is 0.0428. The molecule has 1 aliphatic rings. The third-order valence-corrected chi connectivity index (χ3v) is 3.64. The van der Waals surface area contributed by atoms with Crippen molar-refractivity contribution in [1.29, 1.82) is 0 Å². The van der Waals surface area contributed by atoms with Gasteiger partial charge in [-0.1, -0.05) is 24.3 Å². The van der Waals surface area contributed by atoms with Crippen molar-refractivity contribution >= 4 is 33.9 Å². The van der Waals surface area contributed by atoms with E-state index in [0.717, 1.165) is 16.9 Å². The molecule has 0 spiro atoms. The highest BCUT2D eigenvalue weighted by Crippen LogP contribution is 2.21. The van der Waals surface area contributed by atoms with Crippen LogP contribution in [0.1, 0.15) is 26.4 Å². The number of anilines is 1. The second kappa shape index (κ2) is 4.86. The van der Waals surface area contributed by atoms with Gasteiger partial charge in [-0.3, -0.25) is 10.2 Å². The molecule has 1 heterocycles. The van der Waals surface area contributed by atoms with Crippen molar-refractivity contribution in [3.05, 3.63) is 46.5 Å². The summed E-state index contributed by atoms with van der Waals surface area (Å²) in [6.07, 6.45) is 0.471. The molecule has 1 aromatic carbocycles. The number of aromatic carboxylic acids is 1. The van der Waals surface area contributed by atoms with E-state index in [9.17, 15) is 9.59 Å². The van der Waals surface area contributed by atoms with Gasteiger partial charge >= 0.3 is 5.97 Å². The average molecular weight is 287 g/mol. The Balaban J connectivity index is 1.78. The number of carboxylic acids is 1. The van der Waals surface area contributed by atoms with Crippen molar-refractivity contribution in [3.8, 4) is 0 Å². The summed E-state index contributed by atoms with van der Waals surface area (Å²) >= 11 is 1.12. The lowest BCUT2D eigenvalue weighted by Gasteiger charge is -1.95. The summed E-state index contributed by atoms with van der Waals surface area (Å²) in [7, 11) is 0. The molecule has 0 atom stereocenters. The summed E-state index contributed by atoms with van der Waals surface area (Å²) in [6, 6.07) is 7.35. The van der Waals surface area contributed by atoms with E-state index in [1.807, 2.05) is 18.2 Å². The van der Waals surface area contributed by atoms with Gasteiger partial charge in [0.25, 0.3) is 0 Å². The van der Waals surface area contributed by atoms with Gasteiger partial charge in [0.05, 0.1) is 0 Å². The monoisotopic (exact) mass is 287 g/mol. The number of carboxylic acid groups (broad SMARTS) is 1. The topological polar surface area (TPSA) is 91.6 Å². The van der Waals surface area contributed by atoms with Crippen LogP contribution in [0.25, 0.3) is 0 Å². The van der Waals surface area contributed by atoms with Crippen LogP contribution in [-0.4, -0.2) is 27.6 Å². The van der Waals surface area contributed by atoms with Crippen LogP contribution in [-0.2, 0) is 6.42 Å². The molecule has 0 fully saturated rings. The molecule has 0 saturated carbocycles. The van der Waals surface area contributed by atoms with Crippen LogP contribution in [0.2, 0.25) is 0 Å². The number of nitrogens with zero attached hydrogens (tertiary/aromatic N) is 2. The van der Waals surface area contributed by atoms with E-state index in [2.05, 4.69) is 15.5 Å². The fraction of sp³-hybridized carbons (Fsp3) is 0.0769. The van der Waals surface area contributed by atoms with E-state index < -0.39 is 5.97 Å². The predicted molar refractivity (Wildman–Crippen MR) is 74.6 cm³/mol. The molecule has 0 bridgehead atoms. The Labute approximate surface area is 117 Å². The Morgan fingerprint density at radius 3 is 2.90 bits per heavy atom. The van der Waals surface area contributed by atoms with E-state index in [1.54, 1.807) is 6.07 Å². The third kappa shape index (κ3) is 2.19. The Morgan fingerprint density at radius 2 is 2.20 bits per heavy atom. The van der Waals surface area contributed by atoms with Crippen LogP contribution in [0, 0.1) is 0 Å². The molecule has 7 heteroatoms. The van der Waals surface area contributed by atoms with E-state index in [1.165, 1.54) is 5.38 Å². The smallest absolute Gasteiger partial charge is 0.355 e. The Kier molecular flexibility index (Phi) is 3.03. The normalized spacial score (nSPS) is 15.4. The number of carbonyl (C=O) groups is 2. The minimum atomic E-state index is -1.09. The highest BCUT2D eigenvalue weighted by molar-refractivity contribution is 7.13. The summed E-state index contributed by atoms with van der Waals surface area (Å²) < 4.78 is 0. The van der Waals surface area contributed by atoms with Crippen LogP contribution < -0.4 is 5.43 Å². The van der Waals surface area contributed by atoms with E-state index in [0.29, 0.717) is 22.8 Å². The van der Waals surface area contributed by atoms with Crippen LogP contribution in [0.4, 0.5) is 5.13 Å². The first-order chi connectivity index (χ1) is 9.65. The molecule has 2 N–H and O–H groups in total. The Bertz CT molecular complexity index is 736. The van der Waals surface area contributed by atoms with Gasteiger partial charge in [-0.05, 0) is 5.56 Å². The molecule has 2 aromatic rings.